The average molecular weight is 393 g/mol. The first-order valence-electron chi connectivity index (χ1n) is 11.8. The summed E-state index contributed by atoms with van der Waals surface area (Å²) in [4.78, 5) is 24.9. The van der Waals surface area contributed by atoms with Gasteiger partial charge in [0, 0.05) is 0 Å². The van der Waals surface area contributed by atoms with Crippen LogP contribution in [0.5, 0.6) is 0 Å². The van der Waals surface area contributed by atoms with Crippen LogP contribution in [0.1, 0.15) is 104 Å². The monoisotopic (exact) mass is 392 g/mol. The van der Waals surface area contributed by atoms with Gasteiger partial charge in [0.2, 0.25) is 0 Å². The SMILES string of the molecule is CCC(C)(C)C(=O)OCC(=O)OC1(C2CCC3CCCCC3C2)CCCCC1. The zero-order valence-electron chi connectivity index (χ0n) is 18.3. The Kier molecular flexibility index (Phi) is 7.09. The maximum absolute atomic E-state index is 12.7. The van der Waals surface area contributed by atoms with Crippen LogP contribution < -0.4 is 0 Å². The molecule has 0 aromatic carbocycles. The summed E-state index contributed by atoms with van der Waals surface area (Å²) in [7, 11) is 0. The summed E-state index contributed by atoms with van der Waals surface area (Å²) in [5, 5.41) is 0. The summed E-state index contributed by atoms with van der Waals surface area (Å²) >= 11 is 0. The molecular formula is C24H40O4. The maximum atomic E-state index is 12.7. The van der Waals surface area contributed by atoms with Crippen molar-refractivity contribution in [1.29, 1.82) is 0 Å². The van der Waals surface area contributed by atoms with E-state index in [4.69, 9.17) is 9.47 Å². The van der Waals surface area contributed by atoms with Gasteiger partial charge < -0.3 is 9.47 Å². The van der Waals surface area contributed by atoms with Crippen molar-refractivity contribution in [2.75, 3.05) is 6.61 Å². The fourth-order valence-corrected chi connectivity index (χ4v) is 5.82. The first-order valence-corrected chi connectivity index (χ1v) is 11.8. The van der Waals surface area contributed by atoms with Crippen molar-refractivity contribution in [3.8, 4) is 0 Å². The zero-order valence-corrected chi connectivity index (χ0v) is 18.3. The third-order valence-corrected chi connectivity index (χ3v) is 8.06. The lowest BCUT2D eigenvalue weighted by molar-refractivity contribution is -0.185. The molecule has 0 radical (unpaired) electrons. The first-order chi connectivity index (χ1) is 13.4. The van der Waals surface area contributed by atoms with Crippen molar-refractivity contribution < 1.29 is 19.1 Å². The van der Waals surface area contributed by atoms with E-state index in [-0.39, 0.29) is 24.1 Å². The van der Waals surface area contributed by atoms with Crippen LogP contribution >= 0.6 is 0 Å². The second-order valence-electron chi connectivity index (χ2n) is 10.2. The van der Waals surface area contributed by atoms with Crippen molar-refractivity contribution in [2.45, 2.75) is 110 Å². The Balaban J connectivity index is 1.61. The molecule has 3 rings (SSSR count). The Morgan fingerprint density at radius 2 is 1.61 bits per heavy atom. The standard InChI is InChI=1S/C24H40O4/c1-4-23(2,3)22(26)27-17-21(25)28-24(14-8-5-9-15-24)20-13-12-18-10-6-7-11-19(18)16-20/h18-20H,4-17H2,1-3H3. The van der Waals surface area contributed by atoms with E-state index in [2.05, 4.69) is 0 Å². The molecule has 160 valence electrons. The summed E-state index contributed by atoms with van der Waals surface area (Å²) in [6, 6.07) is 0. The Hall–Kier alpha value is -1.06. The number of hydrogen-bond acceptors (Lipinski definition) is 4. The highest BCUT2D eigenvalue weighted by Crippen LogP contribution is 2.50. The third-order valence-electron chi connectivity index (χ3n) is 8.06. The molecule has 3 aliphatic rings. The average Bonchev–Trinajstić information content (AvgIpc) is 2.72. The summed E-state index contributed by atoms with van der Waals surface area (Å²) in [6.07, 6.45) is 15.4. The van der Waals surface area contributed by atoms with Gasteiger partial charge in [0.25, 0.3) is 0 Å². The van der Waals surface area contributed by atoms with Gasteiger partial charge in [-0.2, -0.15) is 0 Å². The number of carbonyl (C=O) groups is 2. The number of ether oxygens (including phenoxy) is 2. The van der Waals surface area contributed by atoms with Crippen LogP contribution in [0.15, 0.2) is 0 Å². The van der Waals surface area contributed by atoms with E-state index < -0.39 is 5.41 Å². The molecule has 3 saturated carbocycles. The highest BCUT2D eigenvalue weighted by Gasteiger charge is 2.47. The molecule has 0 bridgehead atoms. The van der Waals surface area contributed by atoms with Gasteiger partial charge in [-0.1, -0.05) is 39.0 Å². The van der Waals surface area contributed by atoms with Crippen LogP contribution in [0.2, 0.25) is 0 Å². The molecule has 0 aromatic rings. The highest BCUT2D eigenvalue weighted by atomic mass is 16.6. The Morgan fingerprint density at radius 1 is 0.929 bits per heavy atom. The van der Waals surface area contributed by atoms with Crippen LogP contribution in [0.3, 0.4) is 0 Å². The third kappa shape index (κ3) is 4.91. The second-order valence-corrected chi connectivity index (χ2v) is 10.2. The quantitative estimate of drug-likeness (QED) is 0.535. The van der Waals surface area contributed by atoms with Crippen molar-refractivity contribution in [2.24, 2.45) is 23.2 Å². The molecule has 0 heterocycles. The van der Waals surface area contributed by atoms with E-state index in [0.29, 0.717) is 12.3 Å². The molecule has 3 aliphatic carbocycles. The molecule has 28 heavy (non-hydrogen) atoms. The lowest BCUT2D eigenvalue weighted by atomic mass is 9.61. The topological polar surface area (TPSA) is 52.6 Å². The molecule has 0 N–H and O–H groups in total. The van der Waals surface area contributed by atoms with E-state index in [1.807, 2.05) is 20.8 Å². The highest BCUT2D eigenvalue weighted by molar-refractivity contribution is 5.80. The summed E-state index contributed by atoms with van der Waals surface area (Å²) in [6.45, 7) is 5.42. The van der Waals surface area contributed by atoms with Gasteiger partial charge in [0.05, 0.1) is 5.41 Å². The lowest BCUT2D eigenvalue weighted by Crippen LogP contribution is -2.48. The number of hydrogen-bond donors (Lipinski definition) is 0. The van der Waals surface area contributed by atoms with E-state index in [0.717, 1.165) is 37.5 Å². The van der Waals surface area contributed by atoms with E-state index in [1.165, 1.54) is 51.4 Å². The maximum Gasteiger partial charge on any atom is 0.344 e. The molecule has 0 aromatic heterocycles. The fourth-order valence-electron chi connectivity index (χ4n) is 5.82. The molecule has 4 heteroatoms. The normalized spacial score (nSPS) is 30.2. The molecule has 3 atom stereocenters. The van der Waals surface area contributed by atoms with Gasteiger partial charge in [-0.3, -0.25) is 4.79 Å². The minimum Gasteiger partial charge on any atom is -0.456 e. The number of fused-ring (bicyclic) bond motifs is 1. The van der Waals surface area contributed by atoms with E-state index >= 15 is 0 Å². The number of esters is 2. The molecule has 3 fully saturated rings. The smallest absolute Gasteiger partial charge is 0.344 e. The molecular weight excluding hydrogens is 352 g/mol. The van der Waals surface area contributed by atoms with Crippen molar-refractivity contribution >= 4 is 11.9 Å². The molecule has 0 spiro atoms. The van der Waals surface area contributed by atoms with Gasteiger partial charge in [0.15, 0.2) is 6.61 Å². The number of carbonyl (C=O) groups excluding carboxylic acids is 2. The van der Waals surface area contributed by atoms with Crippen LogP contribution in [0, 0.1) is 23.2 Å². The van der Waals surface area contributed by atoms with Gasteiger partial charge in [-0.15, -0.1) is 0 Å². The first kappa shape index (κ1) is 21.6. The summed E-state index contributed by atoms with van der Waals surface area (Å²) in [5.41, 5.74) is -0.868. The van der Waals surface area contributed by atoms with E-state index in [9.17, 15) is 9.59 Å². The Morgan fingerprint density at radius 3 is 2.29 bits per heavy atom. The minimum absolute atomic E-state index is 0.247. The summed E-state index contributed by atoms with van der Waals surface area (Å²) in [5.74, 6) is 1.55. The van der Waals surface area contributed by atoms with Crippen LogP contribution in [-0.4, -0.2) is 24.1 Å². The second kappa shape index (κ2) is 9.17. The minimum atomic E-state index is -0.553. The van der Waals surface area contributed by atoms with Crippen molar-refractivity contribution in [1.82, 2.24) is 0 Å². The molecule has 0 amide bonds. The van der Waals surface area contributed by atoms with Crippen LogP contribution in [0.4, 0.5) is 0 Å². The van der Waals surface area contributed by atoms with Gasteiger partial charge in [0.1, 0.15) is 5.60 Å². The van der Waals surface area contributed by atoms with Gasteiger partial charge in [-0.25, -0.2) is 4.79 Å². The molecule has 0 saturated heterocycles. The van der Waals surface area contributed by atoms with Crippen LogP contribution in [0.25, 0.3) is 0 Å². The number of rotatable bonds is 6. The molecule has 3 unspecified atom stereocenters. The van der Waals surface area contributed by atoms with Crippen LogP contribution in [-0.2, 0) is 19.1 Å². The van der Waals surface area contributed by atoms with Gasteiger partial charge >= 0.3 is 11.9 Å². The predicted octanol–water partition coefficient (Wildman–Crippen LogP) is 5.82. The zero-order chi connectivity index (χ0) is 20.2. The Bertz CT molecular complexity index is 547. The predicted molar refractivity (Wildman–Crippen MR) is 110 cm³/mol. The lowest BCUT2D eigenvalue weighted by Gasteiger charge is -2.49. The van der Waals surface area contributed by atoms with Crippen molar-refractivity contribution in [3.05, 3.63) is 0 Å². The molecule has 4 nitrogen and oxygen atoms in total. The van der Waals surface area contributed by atoms with Gasteiger partial charge in [-0.05, 0) is 83.0 Å². The van der Waals surface area contributed by atoms with Crippen molar-refractivity contribution in [3.63, 3.8) is 0 Å². The molecule has 0 aliphatic heterocycles. The van der Waals surface area contributed by atoms with E-state index in [1.54, 1.807) is 0 Å². The summed E-state index contributed by atoms with van der Waals surface area (Å²) < 4.78 is 11.5. The largest absolute Gasteiger partial charge is 0.456 e. The Labute approximate surface area is 171 Å². The fraction of sp³-hybridized carbons (Fsp3) is 0.917.